The summed E-state index contributed by atoms with van der Waals surface area (Å²) in [6.07, 6.45) is 0.892. The van der Waals surface area contributed by atoms with Crippen LogP contribution in [0.15, 0.2) is 36.4 Å². The number of rotatable bonds is 1. The summed E-state index contributed by atoms with van der Waals surface area (Å²) in [6.45, 7) is 1.72. The summed E-state index contributed by atoms with van der Waals surface area (Å²) in [6, 6.07) is 9.60. The molecule has 1 nitrogen and oxygen atoms in total. The topological polar surface area (TPSA) is 12.0 Å². The number of hydrogen-bond donors (Lipinski definition) is 1. The van der Waals surface area contributed by atoms with Gasteiger partial charge in [-0.1, -0.05) is 18.2 Å². The quantitative estimate of drug-likeness (QED) is 0.813. The van der Waals surface area contributed by atoms with Crippen molar-refractivity contribution >= 4 is 0 Å². The third-order valence-electron chi connectivity index (χ3n) is 3.31. The van der Waals surface area contributed by atoms with Crippen molar-refractivity contribution in [2.24, 2.45) is 0 Å². The molecule has 3 heteroatoms. The molecule has 0 saturated carbocycles. The molecule has 1 aliphatic heterocycles. The van der Waals surface area contributed by atoms with E-state index >= 15 is 0 Å². The fraction of sp³-hybridized carbons (Fsp3) is 0.200. The smallest absolute Gasteiger partial charge is 0.126 e. The molecule has 0 unspecified atom stereocenters. The summed E-state index contributed by atoms with van der Waals surface area (Å²) in [5.41, 5.74) is 3.96. The van der Waals surface area contributed by atoms with Crippen molar-refractivity contribution in [3.05, 3.63) is 59.2 Å². The Bertz CT molecular complexity index is 573. The van der Waals surface area contributed by atoms with Gasteiger partial charge >= 0.3 is 0 Å². The molecule has 0 saturated heterocycles. The van der Waals surface area contributed by atoms with E-state index in [0.29, 0.717) is 5.56 Å². The van der Waals surface area contributed by atoms with Gasteiger partial charge in [0.25, 0.3) is 0 Å². The minimum atomic E-state index is -0.531. The number of hydrogen-bond acceptors (Lipinski definition) is 1. The Morgan fingerprint density at radius 2 is 1.78 bits per heavy atom. The van der Waals surface area contributed by atoms with E-state index in [4.69, 9.17) is 0 Å². The summed E-state index contributed by atoms with van der Waals surface area (Å²) >= 11 is 0. The fourth-order valence-corrected chi connectivity index (χ4v) is 2.51. The highest BCUT2D eigenvalue weighted by Crippen LogP contribution is 2.29. The minimum Gasteiger partial charge on any atom is -0.312 e. The zero-order valence-electron chi connectivity index (χ0n) is 9.84. The number of fused-ring (bicyclic) bond motifs is 1. The van der Waals surface area contributed by atoms with Crippen LogP contribution in [0.5, 0.6) is 0 Å². The first-order chi connectivity index (χ1) is 8.74. The Balaban J connectivity index is 2.16. The third kappa shape index (κ3) is 2.02. The van der Waals surface area contributed by atoms with Crippen molar-refractivity contribution < 1.29 is 8.78 Å². The Morgan fingerprint density at radius 1 is 1.00 bits per heavy atom. The van der Waals surface area contributed by atoms with Crippen molar-refractivity contribution in [3.8, 4) is 11.1 Å². The van der Waals surface area contributed by atoms with Crippen molar-refractivity contribution in [2.75, 3.05) is 6.54 Å². The lowest BCUT2D eigenvalue weighted by atomic mass is 9.91. The second kappa shape index (κ2) is 4.50. The van der Waals surface area contributed by atoms with Crippen LogP contribution >= 0.6 is 0 Å². The molecule has 92 valence electrons. The molecule has 2 aromatic carbocycles. The first-order valence-electron chi connectivity index (χ1n) is 6.02. The van der Waals surface area contributed by atoms with E-state index in [1.807, 2.05) is 12.1 Å². The minimum absolute atomic E-state index is 0.531. The molecule has 18 heavy (non-hydrogen) atoms. The average molecular weight is 245 g/mol. The van der Waals surface area contributed by atoms with Crippen LogP contribution in [0.2, 0.25) is 0 Å². The molecule has 0 radical (unpaired) electrons. The van der Waals surface area contributed by atoms with E-state index in [-0.39, 0.29) is 0 Å². The predicted octanol–water partition coefficient (Wildman–Crippen LogP) is 3.28. The largest absolute Gasteiger partial charge is 0.312 e. The highest BCUT2D eigenvalue weighted by molar-refractivity contribution is 5.69. The summed E-state index contributed by atoms with van der Waals surface area (Å²) in [5.74, 6) is -1.06. The van der Waals surface area contributed by atoms with Crippen molar-refractivity contribution in [1.82, 2.24) is 5.32 Å². The molecule has 0 amide bonds. The molecular weight excluding hydrogens is 232 g/mol. The van der Waals surface area contributed by atoms with Gasteiger partial charge in [-0.25, -0.2) is 8.78 Å². The number of benzene rings is 2. The van der Waals surface area contributed by atoms with Gasteiger partial charge in [0.05, 0.1) is 0 Å². The van der Waals surface area contributed by atoms with Crippen LogP contribution < -0.4 is 5.32 Å². The number of nitrogens with one attached hydrogen (secondary N) is 1. The van der Waals surface area contributed by atoms with Gasteiger partial charge < -0.3 is 5.32 Å². The summed E-state index contributed by atoms with van der Waals surface area (Å²) in [5, 5.41) is 3.29. The second-order valence-electron chi connectivity index (χ2n) is 4.53. The van der Waals surface area contributed by atoms with Gasteiger partial charge in [0.1, 0.15) is 11.6 Å². The SMILES string of the molecule is Fc1cc(F)cc(-c2cccc3c2CCNC3)c1. The van der Waals surface area contributed by atoms with Gasteiger partial charge in [-0.15, -0.1) is 0 Å². The molecule has 0 aromatic heterocycles. The van der Waals surface area contributed by atoms with Crippen molar-refractivity contribution in [3.63, 3.8) is 0 Å². The second-order valence-corrected chi connectivity index (χ2v) is 4.53. The molecule has 1 heterocycles. The van der Waals surface area contributed by atoms with Gasteiger partial charge in [0, 0.05) is 12.6 Å². The van der Waals surface area contributed by atoms with Gasteiger partial charge in [-0.2, -0.15) is 0 Å². The maximum absolute atomic E-state index is 13.3. The van der Waals surface area contributed by atoms with Crippen LogP contribution in [-0.4, -0.2) is 6.54 Å². The fourth-order valence-electron chi connectivity index (χ4n) is 2.51. The first-order valence-corrected chi connectivity index (χ1v) is 6.02. The molecule has 0 spiro atoms. The maximum Gasteiger partial charge on any atom is 0.126 e. The van der Waals surface area contributed by atoms with Crippen LogP contribution in [0, 0.1) is 11.6 Å². The zero-order chi connectivity index (χ0) is 12.5. The molecule has 0 bridgehead atoms. The maximum atomic E-state index is 13.3. The first kappa shape index (κ1) is 11.4. The van der Waals surface area contributed by atoms with Crippen molar-refractivity contribution in [1.29, 1.82) is 0 Å². The van der Waals surface area contributed by atoms with Gasteiger partial charge in [0.15, 0.2) is 0 Å². The zero-order valence-corrected chi connectivity index (χ0v) is 9.84. The molecule has 1 N–H and O–H groups in total. The molecule has 0 aliphatic carbocycles. The normalized spacial score (nSPS) is 14.3. The van der Waals surface area contributed by atoms with Crippen LogP contribution in [0.4, 0.5) is 8.78 Å². The average Bonchev–Trinajstić information content (AvgIpc) is 2.37. The lowest BCUT2D eigenvalue weighted by molar-refractivity contribution is 0.584. The molecule has 3 rings (SSSR count). The monoisotopic (exact) mass is 245 g/mol. The van der Waals surface area contributed by atoms with Gasteiger partial charge in [-0.05, 0) is 47.4 Å². The summed E-state index contributed by atoms with van der Waals surface area (Å²) in [7, 11) is 0. The van der Waals surface area contributed by atoms with Gasteiger partial charge in [0.2, 0.25) is 0 Å². The molecule has 0 fully saturated rings. The van der Waals surface area contributed by atoms with Crippen molar-refractivity contribution in [2.45, 2.75) is 13.0 Å². The Labute approximate surface area is 104 Å². The van der Waals surface area contributed by atoms with Crippen LogP contribution in [-0.2, 0) is 13.0 Å². The van der Waals surface area contributed by atoms with E-state index in [0.717, 1.165) is 31.1 Å². The number of halogens is 2. The third-order valence-corrected chi connectivity index (χ3v) is 3.31. The van der Waals surface area contributed by atoms with Crippen LogP contribution in [0.25, 0.3) is 11.1 Å². The Morgan fingerprint density at radius 3 is 2.56 bits per heavy atom. The molecule has 0 atom stereocenters. The summed E-state index contributed by atoms with van der Waals surface area (Å²) < 4.78 is 26.6. The van der Waals surface area contributed by atoms with Crippen LogP contribution in [0.3, 0.4) is 0 Å². The lowest BCUT2D eigenvalue weighted by Gasteiger charge is -2.20. The Hall–Kier alpha value is -1.74. The van der Waals surface area contributed by atoms with E-state index in [9.17, 15) is 8.78 Å². The van der Waals surface area contributed by atoms with Gasteiger partial charge in [-0.3, -0.25) is 0 Å². The van der Waals surface area contributed by atoms with E-state index in [2.05, 4.69) is 11.4 Å². The van der Waals surface area contributed by atoms with E-state index < -0.39 is 11.6 Å². The predicted molar refractivity (Wildman–Crippen MR) is 67.2 cm³/mol. The highest BCUT2D eigenvalue weighted by atomic mass is 19.1. The van der Waals surface area contributed by atoms with E-state index in [1.165, 1.54) is 23.3 Å². The summed E-state index contributed by atoms with van der Waals surface area (Å²) in [4.78, 5) is 0. The van der Waals surface area contributed by atoms with E-state index in [1.54, 1.807) is 0 Å². The molecular formula is C15H13F2N. The standard InChI is InChI=1S/C15H13F2N/c16-12-6-11(7-13(17)8-12)14-3-1-2-10-9-18-5-4-15(10)14/h1-3,6-8,18H,4-5,9H2. The Kier molecular flexibility index (Phi) is 2.84. The highest BCUT2D eigenvalue weighted by Gasteiger charge is 2.14. The lowest BCUT2D eigenvalue weighted by Crippen LogP contribution is -2.24. The van der Waals surface area contributed by atoms with Crippen LogP contribution in [0.1, 0.15) is 11.1 Å². The molecule has 1 aliphatic rings. The molecule has 2 aromatic rings.